The molecule has 0 heterocycles. The highest BCUT2D eigenvalue weighted by molar-refractivity contribution is 9.06. The number of rotatable bonds is 0. The molecule has 40 valence electrons. The summed E-state index contributed by atoms with van der Waals surface area (Å²) >= 11 is 2.12. The summed E-state index contributed by atoms with van der Waals surface area (Å²) in [4.78, 5) is 17.6. The van der Waals surface area contributed by atoms with E-state index in [2.05, 4.69) is 20.1 Å². The van der Waals surface area contributed by atoms with E-state index in [0.29, 0.717) is 0 Å². The Hall–Kier alpha value is -0.650. The predicted molar refractivity (Wildman–Crippen MR) is 22.4 cm³/mol. The van der Waals surface area contributed by atoms with Crippen molar-refractivity contribution in [1.29, 1.82) is 0 Å². The van der Waals surface area contributed by atoms with Gasteiger partial charge in [-0.1, -0.05) is 0 Å². The first-order valence-corrected chi connectivity index (χ1v) is 1.80. The van der Waals surface area contributed by atoms with Crippen LogP contribution in [0.4, 0.5) is 4.79 Å². The maximum Gasteiger partial charge on any atom is 0.668 e. The van der Waals surface area contributed by atoms with E-state index < -0.39 is 11.0 Å². The van der Waals surface area contributed by atoms with Crippen molar-refractivity contribution in [2.45, 2.75) is 0 Å². The molecular formula is CBrNO4. The van der Waals surface area contributed by atoms with Gasteiger partial charge in [0.05, 0.1) is 0 Å². The predicted octanol–water partition coefficient (Wildman–Crippen LogP) is 0.710. The fourth-order valence-electron chi connectivity index (χ4n) is 0.0282. The minimum Gasteiger partial charge on any atom is -0.325 e. The zero-order valence-electron chi connectivity index (χ0n) is 2.96. The van der Waals surface area contributed by atoms with Crippen molar-refractivity contribution in [3.8, 4) is 0 Å². The van der Waals surface area contributed by atoms with Crippen molar-refractivity contribution in [2.24, 2.45) is 0 Å². The lowest BCUT2D eigenvalue weighted by Gasteiger charge is -1.77. The van der Waals surface area contributed by atoms with Gasteiger partial charge in [-0.2, -0.15) is 4.79 Å². The third kappa shape index (κ3) is 2.10. The molecule has 0 unspecified atom stereocenters. The van der Waals surface area contributed by atoms with Crippen molar-refractivity contribution in [2.75, 3.05) is 0 Å². The molecule has 0 atom stereocenters. The zero-order valence-corrected chi connectivity index (χ0v) is 4.54. The molecule has 0 aromatic heterocycles. The standard InChI is InChI=1S/CBrNO4/c2-7-1(4)3(5)6. The Labute approximate surface area is 46.9 Å². The van der Waals surface area contributed by atoms with Crippen molar-refractivity contribution in [3.63, 3.8) is 0 Å². The van der Waals surface area contributed by atoms with E-state index in [4.69, 9.17) is 0 Å². The number of amides is 1. The molecule has 0 fully saturated rings. The van der Waals surface area contributed by atoms with Crippen LogP contribution in [0, 0.1) is 10.1 Å². The topological polar surface area (TPSA) is 69.4 Å². The molecule has 0 N–H and O–H groups in total. The number of hydrogen-bond acceptors (Lipinski definition) is 4. The summed E-state index contributed by atoms with van der Waals surface area (Å²) in [6.07, 6.45) is -1.51. The van der Waals surface area contributed by atoms with Crippen LogP contribution in [0.5, 0.6) is 0 Å². The van der Waals surface area contributed by atoms with E-state index >= 15 is 0 Å². The average molecular weight is 170 g/mol. The number of hydrogen-bond donors (Lipinski definition) is 0. The molecular weight excluding hydrogens is 170 g/mol. The SMILES string of the molecule is O=C(OBr)[N+](=O)[O-]. The Morgan fingerprint density at radius 3 is 2.29 bits per heavy atom. The van der Waals surface area contributed by atoms with Crippen molar-refractivity contribution in [1.82, 2.24) is 0 Å². The minimum absolute atomic E-state index is 1.19. The molecule has 6 heteroatoms. The second-order valence-electron chi connectivity index (χ2n) is 0.600. The van der Waals surface area contributed by atoms with E-state index in [1.807, 2.05) is 0 Å². The molecule has 0 spiro atoms. The summed E-state index contributed by atoms with van der Waals surface area (Å²) in [6.45, 7) is 0. The van der Waals surface area contributed by atoms with Crippen molar-refractivity contribution < 1.29 is 13.5 Å². The van der Waals surface area contributed by atoms with Gasteiger partial charge in [0.15, 0.2) is 16.3 Å². The van der Waals surface area contributed by atoms with Crippen molar-refractivity contribution in [3.05, 3.63) is 10.1 Å². The second-order valence-corrected chi connectivity index (χ2v) is 0.924. The van der Waals surface area contributed by atoms with Crippen LogP contribution in [0.3, 0.4) is 0 Å². The summed E-state index contributed by atoms with van der Waals surface area (Å²) in [5, 5.41) is 9.23. The summed E-state index contributed by atoms with van der Waals surface area (Å²) in [7, 11) is 0. The summed E-state index contributed by atoms with van der Waals surface area (Å²) < 4.78 is 3.49. The van der Waals surface area contributed by atoms with E-state index in [0.717, 1.165) is 0 Å². The van der Waals surface area contributed by atoms with Gasteiger partial charge in [0, 0.05) is 0 Å². The normalized spacial score (nSPS) is 7.57. The van der Waals surface area contributed by atoms with Crippen LogP contribution in [-0.4, -0.2) is 11.0 Å². The Kier molecular flexibility index (Phi) is 2.28. The molecule has 0 saturated heterocycles. The number of nitro groups is 1. The van der Waals surface area contributed by atoms with Gasteiger partial charge < -0.3 is 3.83 Å². The quantitative estimate of drug-likeness (QED) is 0.396. The van der Waals surface area contributed by atoms with Crippen LogP contribution < -0.4 is 0 Å². The smallest absolute Gasteiger partial charge is 0.325 e. The monoisotopic (exact) mass is 169 g/mol. The Balaban J connectivity index is 3.58. The highest BCUT2D eigenvalue weighted by Gasteiger charge is 2.14. The highest BCUT2D eigenvalue weighted by atomic mass is 79.9. The molecule has 1 amide bonds. The summed E-state index contributed by atoms with van der Waals surface area (Å²) in [5.74, 6) is 0. The lowest BCUT2D eigenvalue weighted by atomic mass is 11.3. The Morgan fingerprint density at radius 2 is 2.29 bits per heavy atom. The first-order valence-electron chi connectivity index (χ1n) is 1.15. The number of nitrogens with zero attached hydrogens (tertiary/aromatic N) is 1. The van der Waals surface area contributed by atoms with Crippen LogP contribution in [0.2, 0.25) is 0 Å². The number of halogens is 1. The van der Waals surface area contributed by atoms with Gasteiger partial charge in [-0.15, -0.1) is 0 Å². The lowest BCUT2D eigenvalue weighted by molar-refractivity contribution is -0.387. The van der Waals surface area contributed by atoms with Crippen LogP contribution in [0.1, 0.15) is 0 Å². The molecule has 0 aliphatic heterocycles. The largest absolute Gasteiger partial charge is 0.668 e. The molecule has 0 saturated carbocycles. The van der Waals surface area contributed by atoms with E-state index in [1.54, 1.807) is 0 Å². The van der Waals surface area contributed by atoms with Gasteiger partial charge in [0.2, 0.25) is 0 Å². The van der Waals surface area contributed by atoms with E-state index in [-0.39, 0.29) is 0 Å². The summed E-state index contributed by atoms with van der Waals surface area (Å²) in [5.41, 5.74) is 0. The maximum atomic E-state index is 9.54. The van der Waals surface area contributed by atoms with Gasteiger partial charge in [-0.25, -0.2) is 0 Å². The fraction of sp³-hybridized carbons (Fsp3) is 0. The lowest BCUT2D eigenvalue weighted by Crippen LogP contribution is -2.07. The Morgan fingerprint density at radius 1 is 1.86 bits per heavy atom. The van der Waals surface area contributed by atoms with Crippen LogP contribution >= 0.6 is 16.3 Å². The minimum atomic E-state index is -1.51. The molecule has 0 aliphatic carbocycles. The summed E-state index contributed by atoms with van der Waals surface area (Å²) in [6, 6.07) is 0. The third-order valence-corrected chi connectivity index (χ3v) is 0.492. The highest BCUT2D eigenvalue weighted by Crippen LogP contribution is 1.87. The van der Waals surface area contributed by atoms with Gasteiger partial charge in [0.1, 0.15) is 4.92 Å². The van der Waals surface area contributed by atoms with Gasteiger partial charge in [-0.05, 0) is 0 Å². The van der Waals surface area contributed by atoms with Crippen LogP contribution in [0.25, 0.3) is 0 Å². The second kappa shape index (κ2) is 2.51. The molecule has 0 bridgehead atoms. The van der Waals surface area contributed by atoms with Crippen LogP contribution in [-0.2, 0) is 3.83 Å². The van der Waals surface area contributed by atoms with Crippen molar-refractivity contribution >= 4 is 22.4 Å². The van der Waals surface area contributed by atoms with Gasteiger partial charge in [-0.3, -0.25) is 10.1 Å². The molecule has 0 aliphatic rings. The first kappa shape index (κ1) is 6.35. The van der Waals surface area contributed by atoms with Gasteiger partial charge in [0.25, 0.3) is 0 Å². The molecule has 0 aromatic rings. The molecule has 0 aromatic carbocycles. The van der Waals surface area contributed by atoms with E-state index in [9.17, 15) is 14.9 Å². The average Bonchev–Trinajstić information content (AvgIpc) is 1.65. The number of carbonyl (C=O) groups excluding carboxylic acids is 1. The molecule has 5 nitrogen and oxygen atoms in total. The van der Waals surface area contributed by atoms with Gasteiger partial charge >= 0.3 is 6.09 Å². The first-order chi connectivity index (χ1) is 3.18. The van der Waals surface area contributed by atoms with E-state index in [1.165, 1.54) is 0 Å². The fourth-order valence-corrected chi connectivity index (χ4v) is 0.146. The Bertz CT molecular complexity index is 99.9. The molecule has 0 rings (SSSR count). The van der Waals surface area contributed by atoms with Crippen LogP contribution in [0.15, 0.2) is 0 Å². The molecule has 7 heavy (non-hydrogen) atoms. The molecule has 0 radical (unpaired) electrons. The maximum absolute atomic E-state index is 9.54. The number of carbonyl (C=O) groups is 1. The zero-order chi connectivity index (χ0) is 5.86. The third-order valence-electron chi connectivity index (χ3n) is 0.215.